The molecule has 5 heteroatoms. The van der Waals surface area contributed by atoms with E-state index in [2.05, 4.69) is 31.4 Å². The molecule has 2 N–H and O–H groups in total. The molecule has 0 saturated heterocycles. The van der Waals surface area contributed by atoms with E-state index in [1.54, 1.807) is 0 Å². The number of hydrogen-bond acceptors (Lipinski definition) is 3. The molecule has 0 spiro atoms. The van der Waals surface area contributed by atoms with Gasteiger partial charge in [-0.2, -0.15) is 0 Å². The van der Waals surface area contributed by atoms with Crippen molar-refractivity contribution in [1.29, 1.82) is 0 Å². The van der Waals surface area contributed by atoms with Crippen molar-refractivity contribution in [3.63, 3.8) is 0 Å². The van der Waals surface area contributed by atoms with Crippen molar-refractivity contribution >= 4 is 11.8 Å². The SMILES string of the molecule is CN(C)CCNC(=O)C(=O)NC1CCC(C(C)(C)C)CC1. The van der Waals surface area contributed by atoms with Gasteiger partial charge in [-0.3, -0.25) is 9.59 Å². The van der Waals surface area contributed by atoms with Crippen LogP contribution < -0.4 is 10.6 Å². The Balaban J connectivity index is 2.28. The maximum atomic E-state index is 11.8. The molecule has 0 aromatic heterocycles. The second-order valence-electron chi connectivity index (χ2n) is 7.45. The lowest BCUT2D eigenvalue weighted by Crippen LogP contribution is -2.47. The van der Waals surface area contributed by atoms with Crippen LogP contribution in [0.25, 0.3) is 0 Å². The first-order valence-electron chi connectivity index (χ1n) is 7.93. The number of nitrogens with zero attached hydrogens (tertiary/aromatic N) is 1. The lowest BCUT2D eigenvalue weighted by atomic mass is 9.71. The van der Waals surface area contributed by atoms with Crippen molar-refractivity contribution < 1.29 is 9.59 Å². The van der Waals surface area contributed by atoms with E-state index in [-0.39, 0.29) is 6.04 Å². The molecule has 1 fully saturated rings. The summed E-state index contributed by atoms with van der Waals surface area (Å²) in [5.41, 5.74) is 0.332. The Labute approximate surface area is 128 Å². The van der Waals surface area contributed by atoms with Crippen LogP contribution in [0.3, 0.4) is 0 Å². The Bertz CT molecular complexity index is 353. The van der Waals surface area contributed by atoms with Crippen LogP contribution in [-0.4, -0.2) is 49.9 Å². The lowest BCUT2D eigenvalue weighted by molar-refractivity contribution is -0.139. The molecule has 0 radical (unpaired) electrons. The van der Waals surface area contributed by atoms with Gasteiger partial charge in [-0.15, -0.1) is 0 Å². The molecule has 0 bridgehead atoms. The normalized spacial score (nSPS) is 23.0. The summed E-state index contributed by atoms with van der Waals surface area (Å²) >= 11 is 0. The minimum atomic E-state index is -0.519. The van der Waals surface area contributed by atoms with Crippen LogP contribution in [0.1, 0.15) is 46.5 Å². The average molecular weight is 297 g/mol. The predicted molar refractivity (Wildman–Crippen MR) is 84.9 cm³/mol. The molecule has 0 unspecified atom stereocenters. The van der Waals surface area contributed by atoms with Crippen molar-refractivity contribution in [1.82, 2.24) is 15.5 Å². The quantitative estimate of drug-likeness (QED) is 0.771. The fourth-order valence-electron chi connectivity index (χ4n) is 2.83. The van der Waals surface area contributed by atoms with E-state index in [4.69, 9.17) is 0 Å². The van der Waals surface area contributed by atoms with E-state index in [1.165, 1.54) is 0 Å². The van der Waals surface area contributed by atoms with Crippen molar-refractivity contribution in [2.45, 2.75) is 52.5 Å². The Kier molecular flexibility index (Phi) is 6.65. The van der Waals surface area contributed by atoms with E-state index >= 15 is 0 Å². The molecule has 1 saturated carbocycles. The van der Waals surface area contributed by atoms with Crippen LogP contribution in [0.4, 0.5) is 0 Å². The first kappa shape index (κ1) is 18.0. The zero-order valence-electron chi connectivity index (χ0n) is 14.2. The van der Waals surface area contributed by atoms with E-state index in [0.717, 1.165) is 32.2 Å². The Hall–Kier alpha value is -1.10. The molecule has 122 valence electrons. The Morgan fingerprint density at radius 1 is 1.05 bits per heavy atom. The van der Waals surface area contributed by atoms with E-state index in [0.29, 0.717) is 17.9 Å². The molecule has 1 aliphatic rings. The topological polar surface area (TPSA) is 61.4 Å². The van der Waals surface area contributed by atoms with Gasteiger partial charge in [-0.25, -0.2) is 0 Å². The summed E-state index contributed by atoms with van der Waals surface area (Å²) in [5.74, 6) is -0.303. The molecule has 5 nitrogen and oxygen atoms in total. The molecule has 0 aromatic rings. The smallest absolute Gasteiger partial charge is 0.309 e. The molecule has 0 aliphatic heterocycles. The number of rotatable bonds is 4. The number of hydrogen-bond donors (Lipinski definition) is 2. The highest BCUT2D eigenvalue weighted by molar-refractivity contribution is 6.35. The van der Waals surface area contributed by atoms with Gasteiger partial charge in [0.25, 0.3) is 0 Å². The highest BCUT2D eigenvalue weighted by Gasteiger charge is 2.30. The second kappa shape index (κ2) is 7.78. The highest BCUT2D eigenvalue weighted by atomic mass is 16.2. The number of carbonyl (C=O) groups is 2. The third-order valence-electron chi connectivity index (χ3n) is 4.34. The summed E-state index contributed by atoms with van der Waals surface area (Å²) in [5, 5.41) is 5.51. The lowest BCUT2D eigenvalue weighted by Gasteiger charge is -2.37. The van der Waals surface area contributed by atoms with Gasteiger partial charge in [0.05, 0.1) is 0 Å². The van der Waals surface area contributed by atoms with Crippen molar-refractivity contribution in [3.05, 3.63) is 0 Å². The number of nitrogens with one attached hydrogen (secondary N) is 2. The van der Waals surface area contributed by atoms with Crippen LogP contribution in [-0.2, 0) is 9.59 Å². The molecule has 2 amide bonds. The number of carbonyl (C=O) groups excluding carboxylic acids is 2. The third-order valence-corrected chi connectivity index (χ3v) is 4.34. The fourth-order valence-corrected chi connectivity index (χ4v) is 2.83. The Morgan fingerprint density at radius 2 is 1.62 bits per heavy atom. The molecule has 1 rings (SSSR count). The van der Waals surface area contributed by atoms with Crippen molar-refractivity contribution in [3.8, 4) is 0 Å². The van der Waals surface area contributed by atoms with Crippen molar-refractivity contribution in [2.24, 2.45) is 11.3 Å². The minimum absolute atomic E-state index is 0.149. The Morgan fingerprint density at radius 3 is 2.10 bits per heavy atom. The van der Waals surface area contributed by atoms with Gasteiger partial charge >= 0.3 is 11.8 Å². The molecular weight excluding hydrogens is 266 g/mol. The average Bonchev–Trinajstić information content (AvgIpc) is 2.37. The second-order valence-corrected chi connectivity index (χ2v) is 7.45. The fraction of sp³-hybridized carbons (Fsp3) is 0.875. The standard InChI is InChI=1S/C16H31N3O2/c1-16(2,3)12-6-8-13(9-7-12)18-15(21)14(20)17-10-11-19(4)5/h12-13H,6-11H2,1-5H3,(H,17,20)(H,18,21). The van der Waals surface area contributed by atoms with Crippen LogP contribution in [0, 0.1) is 11.3 Å². The first-order valence-corrected chi connectivity index (χ1v) is 7.93. The zero-order valence-corrected chi connectivity index (χ0v) is 14.2. The molecule has 0 aromatic carbocycles. The predicted octanol–water partition coefficient (Wildman–Crippen LogP) is 1.39. The van der Waals surface area contributed by atoms with Gasteiger partial charge in [-0.05, 0) is 51.1 Å². The molecule has 1 aliphatic carbocycles. The monoisotopic (exact) mass is 297 g/mol. The molecular formula is C16H31N3O2. The zero-order chi connectivity index (χ0) is 16.0. The summed E-state index contributed by atoms with van der Waals surface area (Å²) in [4.78, 5) is 25.5. The number of likely N-dealkylation sites (N-methyl/N-ethyl adjacent to an activating group) is 1. The summed E-state index contributed by atoms with van der Waals surface area (Å²) < 4.78 is 0. The molecule has 0 atom stereocenters. The summed E-state index contributed by atoms with van der Waals surface area (Å²) in [6.07, 6.45) is 4.19. The summed E-state index contributed by atoms with van der Waals surface area (Å²) in [6.45, 7) is 8.05. The van der Waals surface area contributed by atoms with Gasteiger partial charge in [-0.1, -0.05) is 20.8 Å². The highest BCUT2D eigenvalue weighted by Crippen LogP contribution is 2.37. The van der Waals surface area contributed by atoms with Crippen molar-refractivity contribution in [2.75, 3.05) is 27.2 Å². The minimum Gasteiger partial charge on any atom is -0.347 e. The first-order chi connectivity index (χ1) is 9.70. The van der Waals surface area contributed by atoms with Gasteiger partial charge < -0.3 is 15.5 Å². The molecule has 21 heavy (non-hydrogen) atoms. The van der Waals surface area contributed by atoms with E-state index in [9.17, 15) is 9.59 Å². The van der Waals surface area contributed by atoms with E-state index < -0.39 is 11.8 Å². The maximum absolute atomic E-state index is 11.8. The molecule has 0 heterocycles. The van der Waals surface area contributed by atoms with Crippen LogP contribution in [0.15, 0.2) is 0 Å². The summed E-state index contributed by atoms with van der Waals surface area (Å²) in [7, 11) is 3.86. The van der Waals surface area contributed by atoms with Crippen LogP contribution in [0.2, 0.25) is 0 Å². The van der Waals surface area contributed by atoms with Gasteiger partial charge in [0.1, 0.15) is 0 Å². The van der Waals surface area contributed by atoms with Crippen LogP contribution in [0.5, 0.6) is 0 Å². The summed E-state index contributed by atoms with van der Waals surface area (Å²) in [6, 6.07) is 0.149. The maximum Gasteiger partial charge on any atom is 0.309 e. The van der Waals surface area contributed by atoms with Crippen LogP contribution >= 0.6 is 0 Å². The number of amides is 2. The van der Waals surface area contributed by atoms with E-state index in [1.807, 2.05) is 19.0 Å². The van der Waals surface area contributed by atoms with Gasteiger partial charge in [0, 0.05) is 19.1 Å². The van der Waals surface area contributed by atoms with Gasteiger partial charge in [0.2, 0.25) is 0 Å². The third kappa shape index (κ3) is 6.46. The van der Waals surface area contributed by atoms with Gasteiger partial charge in [0.15, 0.2) is 0 Å². The largest absolute Gasteiger partial charge is 0.347 e.